The van der Waals surface area contributed by atoms with Crippen LogP contribution in [0.3, 0.4) is 0 Å². The normalized spacial score (nSPS) is 12.3. The zero-order valence-electron chi connectivity index (χ0n) is 8.64. The summed E-state index contributed by atoms with van der Waals surface area (Å²) in [6.45, 7) is -3.32. The fraction of sp³-hybridized carbons (Fsp3) is 0.200. The first-order valence-corrected chi connectivity index (χ1v) is 4.51. The van der Waals surface area contributed by atoms with E-state index >= 15 is 0 Å². The molecule has 98 valence electrons. The van der Waals surface area contributed by atoms with E-state index in [2.05, 4.69) is 4.74 Å². The smallest absolute Gasteiger partial charge is 0.387 e. The van der Waals surface area contributed by atoms with Gasteiger partial charge in [0.05, 0.1) is 5.56 Å². The van der Waals surface area contributed by atoms with E-state index in [1.54, 1.807) is 0 Å². The fourth-order valence-corrected chi connectivity index (χ4v) is 1.22. The molecule has 5 nitrogen and oxygen atoms in total. The number of carbonyl (C=O) groups excluding carboxylic acids is 1. The third kappa shape index (κ3) is 2.98. The van der Waals surface area contributed by atoms with Crippen LogP contribution in [0.4, 0.5) is 13.2 Å². The third-order valence-electron chi connectivity index (χ3n) is 2.00. The topological polar surface area (TPSA) is 83.8 Å². The van der Waals surface area contributed by atoms with Gasteiger partial charge in [0.2, 0.25) is 0 Å². The average Bonchev–Trinajstić information content (AvgIpc) is 2.26. The number of rotatable bonds is 5. The number of aldehydes is 1. The minimum absolute atomic E-state index is 0.0516. The molecule has 0 aromatic heterocycles. The lowest BCUT2D eigenvalue weighted by molar-refractivity contribution is -0.146. The van der Waals surface area contributed by atoms with Crippen LogP contribution in [-0.2, 0) is 4.79 Å². The van der Waals surface area contributed by atoms with Crippen LogP contribution in [-0.4, -0.2) is 29.1 Å². The van der Waals surface area contributed by atoms with E-state index in [9.17, 15) is 22.8 Å². The second kappa shape index (κ2) is 5.50. The number of aliphatic hydroxyl groups is 1. The molecule has 0 fully saturated rings. The Balaban J connectivity index is 3.29. The van der Waals surface area contributed by atoms with E-state index in [0.29, 0.717) is 12.1 Å². The quantitative estimate of drug-likeness (QED) is 0.784. The number of halogens is 3. The predicted octanol–water partition coefficient (Wildman–Crippen LogP) is 1.36. The van der Waals surface area contributed by atoms with Crippen molar-refractivity contribution in [2.45, 2.75) is 12.7 Å². The minimum atomic E-state index is -3.32. The lowest BCUT2D eigenvalue weighted by atomic mass is 10.1. The summed E-state index contributed by atoms with van der Waals surface area (Å²) < 4.78 is 41.2. The van der Waals surface area contributed by atoms with E-state index in [1.807, 2.05) is 0 Å². The highest BCUT2D eigenvalue weighted by molar-refractivity contribution is 5.81. The van der Waals surface area contributed by atoms with Gasteiger partial charge in [0, 0.05) is 0 Å². The van der Waals surface area contributed by atoms with Crippen LogP contribution in [0.25, 0.3) is 0 Å². The van der Waals surface area contributed by atoms with Crippen LogP contribution in [0.1, 0.15) is 22.0 Å². The van der Waals surface area contributed by atoms with Gasteiger partial charge < -0.3 is 14.9 Å². The standard InChI is InChI=1S/C10H7F3O5/c11-6-1-4(8(15)9(16)17)2-7(5(6)3-14)18-10(12)13/h1-3,8,10,15H,(H,16,17). The molecule has 8 heteroatoms. The highest BCUT2D eigenvalue weighted by Crippen LogP contribution is 2.27. The summed E-state index contributed by atoms with van der Waals surface area (Å²) >= 11 is 0. The van der Waals surface area contributed by atoms with Gasteiger partial charge in [-0.05, 0) is 17.7 Å². The molecule has 1 aromatic carbocycles. The number of hydrogen-bond acceptors (Lipinski definition) is 4. The van der Waals surface area contributed by atoms with Gasteiger partial charge in [-0.3, -0.25) is 4.79 Å². The number of ether oxygens (including phenoxy) is 1. The van der Waals surface area contributed by atoms with Crippen molar-refractivity contribution in [1.82, 2.24) is 0 Å². The molecule has 0 heterocycles. The number of aliphatic hydroxyl groups excluding tert-OH is 1. The van der Waals surface area contributed by atoms with Crippen molar-refractivity contribution in [3.63, 3.8) is 0 Å². The van der Waals surface area contributed by atoms with Crippen molar-refractivity contribution in [2.75, 3.05) is 0 Å². The summed E-state index contributed by atoms with van der Waals surface area (Å²) in [7, 11) is 0. The summed E-state index contributed by atoms with van der Waals surface area (Å²) in [5, 5.41) is 17.6. The molecule has 0 aliphatic carbocycles. The van der Waals surface area contributed by atoms with Crippen LogP contribution >= 0.6 is 0 Å². The molecular formula is C10H7F3O5. The largest absolute Gasteiger partial charge is 0.479 e. The van der Waals surface area contributed by atoms with Crippen molar-refractivity contribution < 1.29 is 37.7 Å². The Kier molecular flexibility index (Phi) is 4.27. The molecule has 0 radical (unpaired) electrons. The van der Waals surface area contributed by atoms with Crippen molar-refractivity contribution in [2.24, 2.45) is 0 Å². The highest BCUT2D eigenvalue weighted by atomic mass is 19.3. The van der Waals surface area contributed by atoms with Gasteiger partial charge in [0.25, 0.3) is 0 Å². The number of hydrogen-bond donors (Lipinski definition) is 2. The van der Waals surface area contributed by atoms with Crippen molar-refractivity contribution in [1.29, 1.82) is 0 Å². The molecule has 0 bridgehead atoms. The molecule has 0 saturated heterocycles. The molecular weight excluding hydrogens is 257 g/mol. The second-order valence-electron chi connectivity index (χ2n) is 3.15. The van der Waals surface area contributed by atoms with Crippen molar-refractivity contribution in [3.05, 3.63) is 29.1 Å². The van der Waals surface area contributed by atoms with Crippen LogP contribution in [0, 0.1) is 5.82 Å². The lowest BCUT2D eigenvalue weighted by Crippen LogP contribution is -2.13. The van der Waals surface area contributed by atoms with E-state index < -0.39 is 41.4 Å². The Bertz CT molecular complexity index is 475. The first-order chi connectivity index (χ1) is 8.36. The van der Waals surface area contributed by atoms with Gasteiger partial charge in [-0.15, -0.1) is 0 Å². The number of aliphatic carboxylic acids is 1. The summed E-state index contributed by atoms with van der Waals surface area (Å²) in [4.78, 5) is 21.0. The zero-order chi connectivity index (χ0) is 13.9. The van der Waals surface area contributed by atoms with Crippen LogP contribution in [0.2, 0.25) is 0 Å². The second-order valence-corrected chi connectivity index (χ2v) is 3.15. The lowest BCUT2D eigenvalue weighted by Gasteiger charge is -2.12. The fourth-order valence-electron chi connectivity index (χ4n) is 1.22. The van der Waals surface area contributed by atoms with Gasteiger partial charge >= 0.3 is 12.6 Å². The summed E-state index contributed by atoms with van der Waals surface area (Å²) in [6.07, 6.45) is -2.16. The van der Waals surface area contributed by atoms with Gasteiger partial charge in [-0.25, -0.2) is 9.18 Å². The SMILES string of the molecule is O=Cc1c(F)cc(C(O)C(=O)O)cc1OC(F)F. The summed E-state index contributed by atoms with van der Waals surface area (Å²) in [5.74, 6) is -3.80. The van der Waals surface area contributed by atoms with Crippen LogP contribution in [0.5, 0.6) is 5.75 Å². The molecule has 0 spiro atoms. The monoisotopic (exact) mass is 264 g/mol. The Labute approximate surface area is 98.4 Å². The first kappa shape index (κ1) is 14.0. The van der Waals surface area contributed by atoms with E-state index in [-0.39, 0.29) is 6.29 Å². The molecule has 0 amide bonds. The Morgan fingerprint density at radius 2 is 2.00 bits per heavy atom. The molecule has 0 aliphatic heterocycles. The third-order valence-corrected chi connectivity index (χ3v) is 2.00. The first-order valence-electron chi connectivity index (χ1n) is 4.51. The van der Waals surface area contributed by atoms with Crippen LogP contribution in [0.15, 0.2) is 12.1 Å². The summed E-state index contributed by atoms with van der Waals surface area (Å²) in [5.41, 5.74) is -1.29. The summed E-state index contributed by atoms with van der Waals surface area (Å²) in [6, 6.07) is 1.22. The van der Waals surface area contributed by atoms with Crippen LogP contribution < -0.4 is 4.74 Å². The molecule has 1 atom stereocenters. The molecule has 1 unspecified atom stereocenters. The van der Waals surface area contributed by atoms with Gasteiger partial charge in [-0.1, -0.05) is 0 Å². The number of carboxylic acid groups (broad SMARTS) is 1. The Hall–Kier alpha value is -2.09. The molecule has 0 saturated carbocycles. The molecule has 1 rings (SSSR count). The molecule has 2 N–H and O–H groups in total. The van der Waals surface area contributed by atoms with E-state index in [4.69, 9.17) is 10.2 Å². The highest BCUT2D eigenvalue weighted by Gasteiger charge is 2.22. The molecule has 18 heavy (non-hydrogen) atoms. The van der Waals surface area contributed by atoms with E-state index in [1.165, 1.54) is 0 Å². The number of carboxylic acids is 1. The number of alkyl halides is 2. The molecule has 1 aromatic rings. The molecule has 0 aliphatic rings. The van der Waals surface area contributed by atoms with Crippen molar-refractivity contribution in [3.8, 4) is 5.75 Å². The van der Waals surface area contributed by atoms with Gasteiger partial charge in [0.15, 0.2) is 12.4 Å². The zero-order valence-corrected chi connectivity index (χ0v) is 8.64. The van der Waals surface area contributed by atoms with Gasteiger partial charge in [0.1, 0.15) is 11.6 Å². The average molecular weight is 264 g/mol. The number of carbonyl (C=O) groups is 2. The number of benzene rings is 1. The Morgan fingerprint density at radius 3 is 2.44 bits per heavy atom. The maximum Gasteiger partial charge on any atom is 0.387 e. The maximum absolute atomic E-state index is 13.3. The van der Waals surface area contributed by atoms with Gasteiger partial charge in [-0.2, -0.15) is 8.78 Å². The maximum atomic E-state index is 13.3. The minimum Gasteiger partial charge on any atom is -0.479 e. The predicted molar refractivity (Wildman–Crippen MR) is 51.0 cm³/mol. The Morgan fingerprint density at radius 1 is 1.39 bits per heavy atom. The van der Waals surface area contributed by atoms with Crippen molar-refractivity contribution >= 4 is 12.3 Å². The van der Waals surface area contributed by atoms with E-state index in [0.717, 1.165) is 0 Å².